The fourth-order valence-corrected chi connectivity index (χ4v) is 3.12. The van der Waals surface area contributed by atoms with Crippen molar-refractivity contribution in [2.24, 2.45) is 0 Å². The summed E-state index contributed by atoms with van der Waals surface area (Å²) >= 11 is 7.02. The minimum Gasteiger partial charge on any atom is -0.364 e. The fourth-order valence-electron chi connectivity index (χ4n) is 2.24. The summed E-state index contributed by atoms with van der Waals surface area (Å²) in [6.45, 7) is 0.345. The molecule has 0 aliphatic rings. The zero-order valence-corrected chi connectivity index (χ0v) is 16.3. The Bertz CT molecular complexity index is 949. The highest BCUT2D eigenvalue weighted by Gasteiger charge is 2.13. The lowest BCUT2D eigenvalue weighted by Crippen LogP contribution is -2.27. The molecule has 0 saturated carbocycles. The molecule has 3 rings (SSSR count). The van der Waals surface area contributed by atoms with Crippen LogP contribution in [0.3, 0.4) is 0 Å². The predicted octanol–water partition coefficient (Wildman–Crippen LogP) is 3.28. The molecule has 9 heteroatoms. The third-order valence-electron chi connectivity index (χ3n) is 3.53. The number of benzene rings is 2. The highest BCUT2D eigenvalue weighted by molar-refractivity contribution is 7.13. The van der Waals surface area contributed by atoms with Crippen LogP contribution >= 0.6 is 22.9 Å². The van der Waals surface area contributed by atoms with Crippen LogP contribution in [0.1, 0.15) is 20.4 Å². The summed E-state index contributed by atoms with van der Waals surface area (Å²) in [6.07, 6.45) is 0. The van der Waals surface area contributed by atoms with Crippen molar-refractivity contribution in [1.82, 2.24) is 15.5 Å². The van der Waals surface area contributed by atoms with Crippen LogP contribution in [-0.2, 0) is 22.7 Å². The second-order valence-corrected chi connectivity index (χ2v) is 7.22. The van der Waals surface area contributed by atoms with E-state index < -0.39 is 0 Å². The lowest BCUT2D eigenvalue weighted by molar-refractivity contribution is -0.126. The van der Waals surface area contributed by atoms with Crippen molar-refractivity contribution in [3.05, 3.63) is 75.2 Å². The van der Waals surface area contributed by atoms with Crippen molar-refractivity contribution in [3.63, 3.8) is 0 Å². The van der Waals surface area contributed by atoms with E-state index in [1.165, 1.54) is 0 Å². The summed E-state index contributed by atoms with van der Waals surface area (Å²) in [7, 11) is 0. The number of hydrogen-bond donors (Lipinski definition) is 2. The Morgan fingerprint density at radius 3 is 2.68 bits per heavy atom. The quantitative estimate of drug-likeness (QED) is 0.587. The lowest BCUT2D eigenvalue weighted by Gasteiger charge is -2.06. The van der Waals surface area contributed by atoms with Crippen LogP contribution in [0.2, 0.25) is 5.02 Å². The van der Waals surface area contributed by atoms with Crippen molar-refractivity contribution < 1.29 is 14.3 Å². The fraction of sp³-hybridized carbons (Fsp3) is 0.158. The first-order valence-corrected chi connectivity index (χ1v) is 9.57. The van der Waals surface area contributed by atoms with Crippen molar-refractivity contribution in [1.29, 1.82) is 0 Å². The average molecular weight is 417 g/mol. The predicted molar refractivity (Wildman–Crippen MR) is 107 cm³/mol. The second-order valence-electron chi connectivity index (χ2n) is 5.72. The number of anilines is 1. The molecule has 0 aliphatic heterocycles. The topological polar surface area (TPSA) is 93.2 Å². The van der Waals surface area contributed by atoms with Gasteiger partial charge in [0.25, 0.3) is 5.91 Å². The van der Waals surface area contributed by atoms with E-state index in [-0.39, 0.29) is 30.0 Å². The van der Waals surface area contributed by atoms with Crippen LogP contribution in [-0.4, -0.2) is 28.6 Å². The molecule has 0 unspecified atom stereocenters. The van der Waals surface area contributed by atoms with E-state index in [4.69, 9.17) is 16.3 Å². The summed E-state index contributed by atoms with van der Waals surface area (Å²) in [5.41, 5.74) is 1.58. The third-order valence-corrected chi connectivity index (χ3v) is 4.66. The van der Waals surface area contributed by atoms with E-state index in [1.807, 2.05) is 30.3 Å². The van der Waals surface area contributed by atoms with Crippen LogP contribution in [0.25, 0.3) is 0 Å². The Morgan fingerprint density at radius 1 is 1.07 bits per heavy atom. The van der Waals surface area contributed by atoms with Crippen molar-refractivity contribution in [3.8, 4) is 0 Å². The molecule has 0 bridgehead atoms. The average Bonchev–Trinajstić information content (AvgIpc) is 3.16. The van der Waals surface area contributed by atoms with Crippen molar-refractivity contribution in [2.45, 2.75) is 13.2 Å². The molecule has 28 heavy (non-hydrogen) atoms. The van der Waals surface area contributed by atoms with Crippen LogP contribution in [0, 0.1) is 0 Å². The number of carbonyl (C=O) groups is 2. The minimum absolute atomic E-state index is 0.0981. The SMILES string of the molecule is O=C(COCc1nnc(C(=O)Nc2ccccc2)s1)NCc1cccc(Cl)c1. The van der Waals surface area contributed by atoms with E-state index in [9.17, 15) is 9.59 Å². The Balaban J connectivity index is 1.40. The standard InChI is InChI=1S/C19H17ClN4O3S/c20-14-6-4-5-13(9-14)10-21-16(25)11-27-12-17-23-24-19(28-17)18(26)22-15-7-2-1-3-8-15/h1-9H,10-12H2,(H,21,25)(H,22,26). The monoisotopic (exact) mass is 416 g/mol. The highest BCUT2D eigenvalue weighted by atomic mass is 35.5. The van der Waals surface area contributed by atoms with Crippen molar-refractivity contribution in [2.75, 3.05) is 11.9 Å². The van der Waals surface area contributed by atoms with Gasteiger partial charge in [0.2, 0.25) is 10.9 Å². The van der Waals surface area contributed by atoms with Gasteiger partial charge >= 0.3 is 0 Å². The van der Waals surface area contributed by atoms with Gasteiger partial charge in [-0.1, -0.05) is 53.3 Å². The first kappa shape index (κ1) is 19.9. The Kier molecular flexibility index (Phi) is 7.07. The first-order valence-electron chi connectivity index (χ1n) is 8.38. The van der Waals surface area contributed by atoms with Crippen LogP contribution < -0.4 is 10.6 Å². The second kappa shape index (κ2) is 9.93. The normalized spacial score (nSPS) is 10.5. The van der Waals surface area contributed by atoms with Gasteiger partial charge in [0.15, 0.2) is 0 Å². The summed E-state index contributed by atoms with van der Waals surface area (Å²) in [5.74, 6) is -0.597. The molecule has 2 N–H and O–H groups in total. The van der Waals surface area contributed by atoms with Gasteiger partial charge < -0.3 is 15.4 Å². The molecule has 2 aromatic carbocycles. The number of aromatic nitrogens is 2. The number of halogens is 1. The molecule has 1 heterocycles. The summed E-state index contributed by atoms with van der Waals surface area (Å²) in [6, 6.07) is 16.3. The number of nitrogens with one attached hydrogen (secondary N) is 2. The number of ether oxygens (including phenoxy) is 1. The number of carbonyl (C=O) groups excluding carboxylic acids is 2. The number of amides is 2. The Morgan fingerprint density at radius 2 is 1.89 bits per heavy atom. The van der Waals surface area contributed by atoms with Crippen LogP contribution in [0.4, 0.5) is 5.69 Å². The molecule has 0 radical (unpaired) electrons. The molecule has 0 spiro atoms. The molecule has 2 amide bonds. The van der Waals surface area contributed by atoms with E-state index in [0.717, 1.165) is 16.9 Å². The van der Waals surface area contributed by atoms with Gasteiger partial charge in [0.05, 0.1) is 0 Å². The van der Waals surface area contributed by atoms with Crippen molar-refractivity contribution >= 4 is 40.4 Å². The molecule has 0 atom stereocenters. The number of rotatable bonds is 8. The third kappa shape index (κ3) is 6.12. The van der Waals surface area contributed by atoms with Gasteiger partial charge in [-0.05, 0) is 29.8 Å². The molecule has 0 saturated heterocycles. The number of para-hydroxylation sites is 1. The molecule has 144 valence electrons. The van der Waals surface area contributed by atoms with E-state index >= 15 is 0 Å². The number of hydrogen-bond acceptors (Lipinski definition) is 6. The van der Waals surface area contributed by atoms with Gasteiger partial charge in [0, 0.05) is 17.3 Å². The van der Waals surface area contributed by atoms with E-state index in [0.29, 0.717) is 22.3 Å². The van der Waals surface area contributed by atoms with Gasteiger partial charge in [-0.15, -0.1) is 10.2 Å². The van der Waals surface area contributed by atoms with Gasteiger partial charge in [0.1, 0.15) is 18.2 Å². The van der Waals surface area contributed by atoms with E-state index in [2.05, 4.69) is 20.8 Å². The molecule has 0 fully saturated rings. The molecular formula is C19H17ClN4O3S. The summed E-state index contributed by atoms with van der Waals surface area (Å²) in [5, 5.41) is 14.6. The largest absolute Gasteiger partial charge is 0.364 e. The zero-order valence-electron chi connectivity index (χ0n) is 14.7. The van der Waals surface area contributed by atoms with Crippen LogP contribution in [0.15, 0.2) is 54.6 Å². The molecular weight excluding hydrogens is 400 g/mol. The Hall–Kier alpha value is -2.81. The highest BCUT2D eigenvalue weighted by Crippen LogP contribution is 2.14. The Labute approximate surface area is 170 Å². The number of nitrogens with zero attached hydrogens (tertiary/aromatic N) is 2. The summed E-state index contributed by atoms with van der Waals surface area (Å²) < 4.78 is 5.34. The smallest absolute Gasteiger partial charge is 0.286 e. The van der Waals surface area contributed by atoms with Gasteiger partial charge in [-0.3, -0.25) is 9.59 Å². The zero-order chi connectivity index (χ0) is 19.8. The molecule has 1 aromatic heterocycles. The van der Waals surface area contributed by atoms with Gasteiger partial charge in [-0.2, -0.15) is 0 Å². The maximum atomic E-state index is 12.1. The lowest BCUT2D eigenvalue weighted by atomic mass is 10.2. The molecule has 7 nitrogen and oxygen atoms in total. The first-order chi connectivity index (χ1) is 13.6. The maximum absolute atomic E-state index is 12.1. The maximum Gasteiger partial charge on any atom is 0.286 e. The van der Waals surface area contributed by atoms with Gasteiger partial charge in [-0.25, -0.2) is 0 Å². The molecule has 3 aromatic rings. The summed E-state index contributed by atoms with van der Waals surface area (Å²) in [4.78, 5) is 24.0. The van der Waals surface area contributed by atoms with Crippen LogP contribution in [0.5, 0.6) is 0 Å². The minimum atomic E-state index is -0.339. The molecule has 0 aliphatic carbocycles. The van der Waals surface area contributed by atoms with E-state index in [1.54, 1.807) is 24.3 Å².